The molecule has 0 aliphatic heterocycles. The van der Waals surface area contributed by atoms with Gasteiger partial charge in [0.1, 0.15) is 0 Å². The first-order valence-corrected chi connectivity index (χ1v) is 8.38. The highest BCUT2D eigenvalue weighted by atomic mass is 32.2. The summed E-state index contributed by atoms with van der Waals surface area (Å²) >= 11 is 0. The van der Waals surface area contributed by atoms with E-state index in [9.17, 15) is 13.2 Å². The molecule has 1 saturated carbocycles. The highest BCUT2D eigenvalue weighted by Gasteiger charge is 2.36. The van der Waals surface area contributed by atoms with Gasteiger partial charge in [0.05, 0.1) is 4.90 Å². The molecule has 2 unspecified atom stereocenters. The molecule has 1 amide bonds. The predicted molar refractivity (Wildman–Crippen MR) is 76.8 cm³/mol. The minimum absolute atomic E-state index is 0.0253. The summed E-state index contributed by atoms with van der Waals surface area (Å²) in [6.07, 6.45) is 2.71. The maximum absolute atomic E-state index is 12.3. The average Bonchev–Trinajstić information content (AvgIpc) is 3.15. The number of carbonyl (C=O) groups excluding carboxylic acids is 1. The summed E-state index contributed by atoms with van der Waals surface area (Å²) < 4.78 is 22.8. The Morgan fingerprint density at radius 2 is 2.10 bits per heavy atom. The summed E-state index contributed by atoms with van der Waals surface area (Å²) in [6, 6.07) is 4.68. The van der Waals surface area contributed by atoms with Crippen LogP contribution in [0.15, 0.2) is 23.1 Å². The van der Waals surface area contributed by atoms with Crippen molar-refractivity contribution in [3.63, 3.8) is 0 Å². The second kappa shape index (κ2) is 5.54. The van der Waals surface area contributed by atoms with E-state index in [1.807, 2.05) is 6.92 Å². The number of primary sulfonamides is 1. The van der Waals surface area contributed by atoms with Gasteiger partial charge >= 0.3 is 0 Å². The number of hydrogen-bond acceptors (Lipinski definition) is 3. The van der Waals surface area contributed by atoms with Crippen molar-refractivity contribution in [2.24, 2.45) is 11.1 Å². The van der Waals surface area contributed by atoms with Crippen molar-refractivity contribution < 1.29 is 13.2 Å². The second-order valence-corrected chi connectivity index (χ2v) is 6.76. The molecule has 1 aliphatic carbocycles. The summed E-state index contributed by atoms with van der Waals surface area (Å²) in [4.78, 5) is 12.2. The summed E-state index contributed by atoms with van der Waals surface area (Å²) in [5.74, 6) is 0.332. The SMILES string of the molecule is CCc1ccc(S(N)(=O)=O)cc1C(=O)NC1CC1CC. The molecule has 0 radical (unpaired) electrons. The lowest BCUT2D eigenvalue weighted by Gasteiger charge is -2.10. The molecule has 0 heterocycles. The first kappa shape index (κ1) is 15.0. The topological polar surface area (TPSA) is 89.3 Å². The van der Waals surface area contributed by atoms with E-state index in [0.717, 1.165) is 18.4 Å². The summed E-state index contributed by atoms with van der Waals surface area (Å²) in [6.45, 7) is 4.02. The van der Waals surface area contributed by atoms with Gasteiger partial charge < -0.3 is 5.32 Å². The fourth-order valence-electron chi connectivity index (χ4n) is 2.37. The van der Waals surface area contributed by atoms with Gasteiger partial charge in [-0.1, -0.05) is 26.3 Å². The summed E-state index contributed by atoms with van der Waals surface area (Å²) in [5, 5.41) is 8.07. The monoisotopic (exact) mass is 296 g/mol. The van der Waals surface area contributed by atoms with Gasteiger partial charge in [0, 0.05) is 11.6 Å². The Balaban J connectivity index is 2.26. The third-order valence-electron chi connectivity index (χ3n) is 3.80. The van der Waals surface area contributed by atoms with Crippen LogP contribution in [0.2, 0.25) is 0 Å². The van der Waals surface area contributed by atoms with Gasteiger partial charge in [-0.3, -0.25) is 4.79 Å². The number of amides is 1. The first-order chi connectivity index (χ1) is 9.36. The fraction of sp³-hybridized carbons (Fsp3) is 0.500. The van der Waals surface area contributed by atoms with Gasteiger partial charge in [0.2, 0.25) is 10.0 Å². The summed E-state index contributed by atoms with van der Waals surface area (Å²) in [7, 11) is -3.79. The number of benzene rings is 1. The second-order valence-electron chi connectivity index (χ2n) is 5.20. The minimum atomic E-state index is -3.79. The molecule has 20 heavy (non-hydrogen) atoms. The van der Waals surface area contributed by atoms with Crippen LogP contribution in [0.1, 0.15) is 42.6 Å². The highest BCUT2D eigenvalue weighted by Crippen LogP contribution is 2.33. The van der Waals surface area contributed by atoms with Crippen molar-refractivity contribution in [3.05, 3.63) is 29.3 Å². The fourth-order valence-corrected chi connectivity index (χ4v) is 2.91. The zero-order valence-electron chi connectivity index (χ0n) is 11.7. The Bertz CT molecular complexity index is 625. The first-order valence-electron chi connectivity index (χ1n) is 6.83. The Labute approximate surface area is 119 Å². The summed E-state index contributed by atoms with van der Waals surface area (Å²) in [5.41, 5.74) is 1.23. The molecule has 6 heteroatoms. The molecule has 110 valence electrons. The van der Waals surface area contributed by atoms with E-state index in [2.05, 4.69) is 12.2 Å². The van der Waals surface area contributed by atoms with Crippen LogP contribution in [0.3, 0.4) is 0 Å². The molecule has 0 saturated heterocycles. The van der Waals surface area contributed by atoms with Crippen LogP contribution >= 0.6 is 0 Å². The lowest BCUT2D eigenvalue weighted by molar-refractivity contribution is 0.0948. The van der Waals surface area contributed by atoms with Gasteiger partial charge in [-0.05, 0) is 36.5 Å². The van der Waals surface area contributed by atoms with E-state index in [1.54, 1.807) is 6.07 Å². The quantitative estimate of drug-likeness (QED) is 0.861. The molecule has 1 aromatic carbocycles. The number of aryl methyl sites for hydroxylation is 1. The average molecular weight is 296 g/mol. The normalized spacial score (nSPS) is 21.6. The van der Waals surface area contributed by atoms with Crippen molar-refractivity contribution >= 4 is 15.9 Å². The van der Waals surface area contributed by atoms with E-state index in [-0.39, 0.29) is 16.8 Å². The van der Waals surface area contributed by atoms with Crippen LogP contribution in [0.25, 0.3) is 0 Å². The van der Waals surface area contributed by atoms with E-state index in [1.165, 1.54) is 12.1 Å². The Morgan fingerprint density at radius 3 is 2.60 bits per heavy atom. The Morgan fingerprint density at radius 1 is 1.40 bits per heavy atom. The third kappa shape index (κ3) is 3.19. The largest absolute Gasteiger partial charge is 0.349 e. The Kier molecular flexibility index (Phi) is 4.15. The number of sulfonamides is 1. The van der Waals surface area contributed by atoms with E-state index >= 15 is 0 Å². The molecular formula is C14H20N2O3S. The standard InChI is InChI=1S/C14H20N2O3S/c1-3-9-5-6-11(20(15,18)19)8-12(9)14(17)16-13-7-10(13)4-2/h5-6,8,10,13H,3-4,7H2,1-2H3,(H,16,17)(H2,15,18,19). The number of carbonyl (C=O) groups is 1. The molecule has 0 aromatic heterocycles. The van der Waals surface area contributed by atoms with Crippen molar-refractivity contribution in [2.75, 3.05) is 0 Å². The lowest BCUT2D eigenvalue weighted by Crippen LogP contribution is -2.28. The molecule has 1 aromatic rings. The molecule has 0 bridgehead atoms. The molecular weight excluding hydrogens is 276 g/mol. The lowest BCUT2D eigenvalue weighted by atomic mass is 10.0. The third-order valence-corrected chi connectivity index (χ3v) is 4.71. The van der Waals surface area contributed by atoms with Crippen molar-refractivity contribution in [3.8, 4) is 0 Å². The smallest absolute Gasteiger partial charge is 0.251 e. The van der Waals surface area contributed by atoms with E-state index in [4.69, 9.17) is 5.14 Å². The van der Waals surface area contributed by atoms with Crippen molar-refractivity contribution in [2.45, 2.75) is 44.0 Å². The maximum Gasteiger partial charge on any atom is 0.251 e. The van der Waals surface area contributed by atoms with Crippen LogP contribution in [0.4, 0.5) is 0 Å². The van der Waals surface area contributed by atoms with E-state index in [0.29, 0.717) is 17.9 Å². The molecule has 1 aliphatic rings. The highest BCUT2D eigenvalue weighted by molar-refractivity contribution is 7.89. The molecule has 2 atom stereocenters. The number of rotatable bonds is 5. The minimum Gasteiger partial charge on any atom is -0.349 e. The van der Waals surface area contributed by atoms with Gasteiger partial charge in [-0.25, -0.2) is 13.6 Å². The van der Waals surface area contributed by atoms with Crippen LogP contribution in [0.5, 0.6) is 0 Å². The van der Waals surface area contributed by atoms with Gasteiger partial charge in [-0.15, -0.1) is 0 Å². The number of nitrogens with one attached hydrogen (secondary N) is 1. The molecule has 1 fully saturated rings. The van der Waals surface area contributed by atoms with Gasteiger partial charge in [0.25, 0.3) is 5.91 Å². The van der Waals surface area contributed by atoms with Crippen LogP contribution in [-0.4, -0.2) is 20.4 Å². The molecule has 5 nitrogen and oxygen atoms in total. The molecule has 2 rings (SSSR count). The van der Waals surface area contributed by atoms with Crippen LogP contribution in [-0.2, 0) is 16.4 Å². The predicted octanol–water partition coefficient (Wildman–Crippen LogP) is 1.42. The van der Waals surface area contributed by atoms with Gasteiger partial charge in [-0.2, -0.15) is 0 Å². The Hall–Kier alpha value is -1.40. The zero-order chi connectivity index (χ0) is 14.9. The zero-order valence-corrected chi connectivity index (χ0v) is 12.5. The maximum atomic E-state index is 12.3. The van der Waals surface area contributed by atoms with Gasteiger partial charge in [0.15, 0.2) is 0 Å². The van der Waals surface area contributed by atoms with Crippen LogP contribution in [0, 0.1) is 5.92 Å². The number of nitrogens with two attached hydrogens (primary N) is 1. The number of hydrogen-bond donors (Lipinski definition) is 2. The van der Waals surface area contributed by atoms with Crippen LogP contribution < -0.4 is 10.5 Å². The molecule has 0 spiro atoms. The molecule has 3 N–H and O–H groups in total. The van der Waals surface area contributed by atoms with E-state index < -0.39 is 10.0 Å². The van der Waals surface area contributed by atoms with Crippen molar-refractivity contribution in [1.29, 1.82) is 0 Å². The van der Waals surface area contributed by atoms with Crippen molar-refractivity contribution in [1.82, 2.24) is 5.32 Å².